The molecule has 0 aliphatic carbocycles. The summed E-state index contributed by atoms with van der Waals surface area (Å²) >= 11 is 0. The van der Waals surface area contributed by atoms with E-state index in [1.54, 1.807) is 18.2 Å². The molecule has 1 spiro atoms. The van der Waals surface area contributed by atoms with Crippen LogP contribution in [-0.4, -0.2) is 51.9 Å². The van der Waals surface area contributed by atoms with Crippen molar-refractivity contribution in [3.63, 3.8) is 0 Å². The molecule has 1 aromatic rings. The average Bonchev–Trinajstić information content (AvgIpc) is 2.49. The van der Waals surface area contributed by atoms with Crippen LogP contribution in [-0.2, 0) is 16.0 Å². The van der Waals surface area contributed by atoms with Crippen molar-refractivity contribution in [1.82, 2.24) is 4.90 Å². The second-order valence-corrected chi connectivity index (χ2v) is 7.14. The minimum atomic E-state index is -0.666. The number of ether oxygens (including phenoxy) is 1. The fourth-order valence-electron chi connectivity index (χ4n) is 3.74. The second-order valence-electron chi connectivity index (χ2n) is 7.14. The molecule has 23 heavy (non-hydrogen) atoms. The highest BCUT2D eigenvalue weighted by atomic mass is 16.5. The number of aromatic hydroxyl groups is 1. The quantitative estimate of drug-likeness (QED) is 0.873. The predicted molar refractivity (Wildman–Crippen MR) is 86.2 cm³/mol. The Morgan fingerprint density at radius 3 is 2.61 bits per heavy atom. The van der Waals surface area contributed by atoms with Crippen molar-refractivity contribution in [2.75, 3.05) is 19.7 Å². The molecule has 2 saturated heterocycles. The van der Waals surface area contributed by atoms with Gasteiger partial charge in [-0.25, -0.2) is 0 Å². The van der Waals surface area contributed by atoms with Crippen LogP contribution in [0.4, 0.5) is 0 Å². The van der Waals surface area contributed by atoms with Gasteiger partial charge in [0.05, 0.1) is 24.2 Å². The van der Waals surface area contributed by atoms with Crippen molar-refractivity contribution in [3.8, 4) is 5.75 Å². The molecule has 5 nitrogen and oxygen atoms in total. The van der Waals surface area contributed by atoms with Crippen molar-refractivity contribution in [2.45, 2.75) is 50.2 Å². The zero-order valence-electron chi connectivity index (χ0n) is 13.6. The Morgan fingerprint density at radius 1 is 1.26 bits per heavy atom. The molecule has 2 aliphatic rings. The number of likely N-dealkylation sites (tertiary alicyclic amines) is 1. The third-order valence-electron chi connectivity index (χ3n) is 5.11. The van der Waals surface area contributed by atoms with Crippen molar-refractivity contribution < 1.29 is 19.7 Å². The number of carbonyl (C=O) groups excluding carboxylic acids is 1. The lowest BCUT2D eigenvalue weighted by Gasteiger charge is -2.48. The molecule has 126 valence electrons. The molecular weight excluding hydrogens is 294 g/mol. The Morgan fingerprint density at radius 2 is 1.96 bits per heavy atom. The summed E-state index contributed by atoms with van der Waals surface area (Å²) in [6, 6.07) is 6.96. The van der Waals surface area contributed by atoms with Gasteiger partial charge in [-0.2, -0.15) is 0 Å². The van der Waals surface area contributed by atoms with Gasteiger partial charge in [-0.15, -0.1) is 0 Å². The highest BCUT2D eigenvalue weighted by molar-refractivity contribution is 5.79. The zero-order valence-corrected chi connectivity index (χ0v) is 13.6. The number of piperidine rings is 1. The number of carbonyl (C=O) groups is 1. The van der Waals surface area contributed by atoms with Crippen LogP contribution in [0.25, 0.3) is 0 Å². The van der Waals surface area contributed by atoms with Crippen LogP contribution >= 0.6 is 0 Å². The molecule has 0 saturated carbocycles. The summed E-state index contributed by atoms with van der Waals surface area (Å²) < 4.78 is 5.97. The number of hydrogen-bond donors (Lipinski definition) is 2. The molecular formula is C18H25NO4. The van der Waals surface area contributed by atoms with Gasteiger partial charge in [0.2, 0.25) is 5.91 Å². The standard InChI is InChI=1S/C18H25NO4/c1-17(22)8-11-23-18(13-17)6-9-19(10-7-18)16(21)12-14-4-2-3-5-15(14)20/h2-5,20,22H,6-13H2,1H3. The first-order valence-corrected chi connectivity index (χ1v) is 8.30. The van der Waals surface area contributed by atoms with E-state index < -0.39 is 5.60 Å². The maximum atomic E-state index is 12.4. The van der Waals surface area contributed by atoms with Gasteiger partial charge in [0.25, 0.3) is 0 Å². The monoisotopic (exact) mass is 319 g/mol. The van der Waals surface area contributed by atoms with Gasteiger partial charge in [-0.3, -0.25) is 4.79 Å². The van der Waals surface area contributed by atoms with Gasteiger partial charge in [0.1, 0.15) is 5.75 Å². The van der Waals surface area contributed by atoms with E-state index in [4.69, 9.17) is 4.74 Å². The topological polar surface area (TPSA) is 70.0 Å². The number of phenols is 1. The summed E-state index contributed by atoms with van der Waals surface area (Å²) in [5, 5.41) is 20.1. The van der Waals surface area contributed by atoms with Gasteiger partial charge >= 0.3 is 0 Å². The van der Waals surface area contributed by atoms with E-state index in [-0.39, 0.29) is 23.7 Å². The summed E-state index contributed by atoms with van der Waals surface area (Å²) in [7, 11) is 0. The smallest absolute Gasteiger partial charge is 0.227 e. The number of para-hydroxylation sites is 1. The van der Waals surface area contributed by atoms with Crippen molar-refractivity contribution in [3.05, 3.63) is 29.8 Å². The molecule has 0 radical (unpaired) electrons. The van der Waals surface area contributed by atoms with E-state index in [2.05, 4.69) is 0 Å². The number of rotatable bonds is 2. The number of phenolic OH excluding ortho intramolecular Hbond substituents is 1. The second kappa shape index (κ2) is 6.13. The number of aliphatic hydroxyl groups is 1. The predicted octanol–water partition coefficient (Wildman–Crippen LogP) is 1.86. The van der Waals surface area contributed by atoms with E-state index in [1.165, 1.54) is 0 Å². The molecule has 2 fully saturated rings. The summed E-state index contributed by atoms with van der Waals surface area (Å²) in [5.74, 6) is 0.199. The Bertz CT molecular complexity index is 576. The van der Waals surface area contributed by atoms with Gasteiger partial charge in [-0.05, 0) is 32.3 Å². The largest absolute Gasteiger partial charge is 0.508 e. The Kier molecular flexibility index (Phi) is 4.34. The molecule has 2 N–H and O–H groups in total. The summed E-state index contributed by atoms with van der Waals surface area (Å²) in [6.45, 7) is 3.73. The fraction of sp³-hybridized carbons (Fsp3) is 0.611. The maximum Gasteiger partial charge on any atom is 0.227 e. The van der Waals surface area contributed by atoms with E-state index in [0.717, 1.165) is 12.8 Å². The number of benzene rings is 1. The Labute approximate surface area is 136 Å². The molecule has 1 unspecified atom stereocenters. The molecule has 2 heterocycles. The lowest BCUT2D eigenvalue weighted by molar-refractivity contribution is -0.175. The Hall–Kier alpha value is -1.59. The van der Waals surface area contributed by atoms with Crippen LogP contribution in [0.2, 0.25) is 0 Å². The van der Waals surface area contributed by atoms with E-state index >= 15 is 0 Å². The van der Waals surface area contributed by atoms with Crippen LogP contribution in [0, 0.1) is 0 Å². The van der Waals surface area contributed by atoms with Gasteiger partial charge < -0.3 is 19.8 Å². The zero-order chi connectivity index (χ0) is 16.5. The van der Waals surface area contributed by atoms with E-state index in [9.17, 15) is 15.0 Å². The molecule has 2 aliphatic heterocycles. The minimum absolute atomic E-state index is 0.0314. The first-order chi connectivity index (χ1) is 10.9. The van der Waals surface area contributed by atoms with Crippen molar-refractivity contribution >= 4 is 5.91 Å². The fourth-order valence-corrected chi connectivity index (χ4v) is 3.74. The van der Waals surface area contributed by atoms with Gasteiger partial charge in [0.15, 0.2) is 0 Å². The van der Waals surface area contributed by atoms with Crippen LogP contribution in [0.1, 0.15) is 38.2 Å². The lowest BCUT2D eigenvalue weighted by Crippen LogP contribution is -2.54. The first kappa shape index (κ1) is 16.3. The number of amides is 1. The minimum Gasteiger partial charge on any atom is -0.508 e. The third kappa shape index (κ3) is 3.67. The van der Waals surface area contributed by atoms with Crippen molar-refractivity contribution in [1.29, 1.82) is 0 Å². The molecule has 0 aromatic heterocycles. The molecule has 1 amide bonds. The van der Waals surface area contributed by atoms with Crippen molar-refractivity contribution in [2.24, 2.45) is 0 Å². The van der Waals surface area contributed by atoms with Gasteiger partial charge in [-0.1, -0.05) is 18.2 Å². The average molecular weight is 319 g/mol. The van der Waals surface area contributed by atoms with E-state index in [1.807, 2.05) is 17.9 Å². The Balaban J connectivity index is 1.58. The molecule has 1 aromatic carbocycles. The SMILES string of the molecule is CC1(O)CCOC2(CCN(C(=O)Cc3ccccc3O)CC2)C1. The lowest BCUT2D eigenvalue weighted by atomic mass is 9.78. The maximum absolute atomic E-state index is 12.4. The normalized spacial score (nSPS) is 27.1. The van der Waals surface area contributed by atoms with Gasteiger partial charge in [0, 0.05) is 25.1 Å². The third-order valence-corrected chi connectivity index (χ3v) is 5.11. The molecule has 5 heteroatoms. The molecule has 3 rings (SSSR count). The molecule has 0 bridgehead atoms. The highest BCUT2D eigenvalue weighted by Crippen LogP contribution is 2.39. The van der Waals surface area contributed by atoms with E-state index in [0.29, 0.717) is 38.1 Å². The van der Waals surface area contributed by atoms with Crippen LogP contribution in [0.5, 0.6) is 5.75 Å². The highest BCUT2D eigenvalue weighted by Gasteiger charge is 2.44. The summed E-state index contributed by atoms with van der Waals surface area (Å²) in [5.41, 5.74) is -0.289. The van der Waals surface area contributed by atoms with Crippen LogP contribution in [0.15, 0.2) is 24.3 Å². The summed E-state index contributed by atoms with van der Waals surface area (Å²) in [4.78, 5) is 14.3. The summed E-state index contributed by atoms with van der Waals surface area (Å²) in [6.07, 6.45) is 3.05. The van der Waals surface area contributed by atoms with Crippen LogP contribution in [0.3, 0.4) is 0 Å². The molecule has 1 atom stereocenters. The first-order valence-electron chi connectivity index (χ1n) is 8.30. The number of nitrogens with zero attached hydrogens (tertiary/aromatic N) is 1. The number of hydrogen-bond acceptors (Lipinski definition) is 4. The van der Waals surface area contributed by atoms with Crippen LogP contribution < -0.4 is 0 Å².